The lowest BCUT2D eigenvalue weighted by molar-refractivity contribution is -0.133. The van der Waals surface area contributed by atoms with Gasteiger partial charge < -0.3 is 9.64 Å². The Bertz CT molecular complexity index is 383. The highest BCUT2D eigenvalue weighted by atomic mass is 16.5. The van der Waals surface area contributed by atoms with E-state index < -0.39 is 0 Å². The summed E-state index contributed by atoms with van der Waals surface area (Å²) in [7, 11) is 0. The van der Waals surface area contributed by atoms with Gasteiger partial charge in [-0.15, -0.1) is 0 Å². The number of ether oxygens (including phenoxy) is 1. The van der Waals surface area contributed by atoms with Gasteiger partial charge in [-0.25, -0.2) is 0 Å². The van der Waals surface area contributed by atoms with Crippen LogP contribution < -0.4 is 0 Å². The molecule has 0 N–H and O–H groups in total. The van der Waals surface area contributed by atoms with E-state index in [9.17, 15) is 4.79 Å². The predicted molar refractivity (Wildman–Crippen MR) is 83.4 cm³/mol. The number of unbranched alkanes of at least 4 members (excludes halogenated alkanes) is 1. The van der Waals surface area contributed by atoms with Gasteiger partial charge in [0, 0.05) is 18.5 Å². The van der Waals surface area contributed by atoms with Crippen molar-refractivity contribution in [3.63, 3.8) is 0 Å². The second kappa shape index (κ2) is 6.19. The molecule has 3 heteroatoms. The van der Waals surface area contributed by atoms with Gasteiger partial charge in [0.2, 0.25) is 0 Å². The van der Waals surface area contributed by atoms with Crippen molar-refractivity contribution in [1.29, 1.82) is 0 Å². The summed E-state index contributed by atoms with van der Waals surface area (Å²) in [4.78, 5) is 14.2. The molecule has 0 aromatic carbocycles. The highest BCUT2D eigenvalue weighted by molar-refractivity contribution is 5.78. The number of carbonyl (C=O) groups excluding carboxylic acids is 1. The molecule has 0 saturated carbocycles. The number of rotatable bonds is 3. The van der Waals surface area contributed by atoms with E-state index in [1.165, 1.54) is 5.57 Å². The topological polar surface area (TPSA) is 29.5 Å². The first-order valence-corrected chi connectivity index (χ1v) is 7.72. The zero-order valence-corrected chi connectivity index (χ0v) is 14.3. The lowest BCUT2D eigenvalue weighted by Crippen LogP contribution is -2.36. The Balaban J connectivity index is 3.15. The molecule has 0 aromatic rings. The van der Waals surface area contributed by atoms with Crippen molar-refractivity contribution >= 4 is 5.91 Å². The molecule has 0 saturated heterocycles. The fourth-order valence-electron chi connectivity index (χ4n) is 2.46. The Morgan fingerprint density at radius 1 is 1.10 bits per heavy atom. The largest absolute Gasteiger partial charge is 0.488 e. The van der Waals surface area contributed by atoms with Crippen LogP contribution in [0.1, 0.15) is 61.3 Å². The quantitative estimate of drug-likeness (QED) is 0.782. The van der Waals surface area contributed by atoms with Crippen LogP contribution in [0.3, 0.4) is 0 Å². The summed E-state index contributed by atoms with van der Waals surface area (Å²) in [5.74, 6) is 1.11. The minimum Gasteiger partial charge on any atom is -0.488 e. The normalized spacial score (nSPS) is 18.1. The molecule has 0 unspecified atom stereocenters. The van der Waals surface area contributed by atoms with E-state index in [1.807, 2.05) is 4.90 Å². The maximum Gasteiger partial charge on any atom is 0.260 e. The Morgan fingerprint density at radius 3 is 2.15 bits per heavy atom. The molecular formula is C17H31NO2. The summed E-state index contributed by atoms with van der Waals surface area (Å²) in [5, 5.41) is 0. The third-order valence-electron chi connectivity index (χ3n) is 3.68. The van der Waals surface area contributed by atoms with E-state index in [1.54, 1.807) is 0 Å². The first-order valence-electron chi connectivity index (χ1n) is 7.72. The average molecular weight is 281 g/mol. The molecule has 1 heterocycles. The van der Waals surface area contributed by atoms with Gasteiger partial charge in [-0.3, -0.25) is 4.79 Å². The molecule has 0 radical (unpaired) electrons. The van der Waals surface area contributed by atoms with Gasteiger partial charge in [0.05, 0.1) is 0 Å². The third kappa shape index (κ3) is 4.26. The standard InChI is InChI=1S/C17H31NO2/c1-8-9-10-18-11-13(16(2,3)4)15(17(5,6)7)20-12-14(18)19/h8-12H2,1-7H3. The van der Waals surface area contributed by atoms with E-state index in [2.05, 4.69) is 48.5 Å². The highest BCUT2D eigenvalue weighted by Gasteiger charge is 2.34. The molecule has 0 aliphatic carbocycles. The molecule has 1 aliphatic rings. The van der Waals surface area contributed by atoms with Crippen LogP contribution in [0.15, 0.2) is 11.3 Å². The van der Waals surface area contributed by atoms with Crippen LogP contribution in [0, 0.1) is 10.8 Å². The molecule has 0 bridgehead atoms. The Kier molecular flexibility index (Phi) is 5.28. The summed E-state index contributed by atoms with van der Waals surface area (Å²) in [6.45, 7) is 16.9. The zero-order valence-electron chi connectivity index (χ0n) is 14.3. The van der Waals surface area contributed by atoms with Gasteiger partial charge in [0.25, 0.3) is 5.91 Å². The average Bonchev–Trinajstić information content (AvgIpc) is 2.44. The predicted octanol–water partition coefficient (Wildman–Crippen LogP) is 3.99. The van der Waals surface area contributed by atoms with E-state index in [4.69, 9.17) is 4.74 Å². The Labute approximate surface area is 124 Å². The minimum absolute atomic E-state index is 0.0116. The molecule has 0 spiro atoms. The van der Waals surface area contributed by atoms with Crippen molar-refractivity contribution in [2.45, 2.75) is 61.3 Å². The summed E-state index contributed by atoms with van der Waals surface area (Å²) in [6, 6.07) is 0. The molecule has 3 nitrogen and oxygen atoms in total. The molecule has 116 valence electrons. The second-order valence-electron chi connectivity index (χ2n) is 7.77. The van der Waals surface area contributed by atoms with Crippen molar-refractivity contribution < 1.29 is 9.53 Å². The summed E-state index contributed by atoms with van der Waals surface area (Å²) >= 11 is 0. The van der Waals surface area contributed by atoms with E-state index >= 15 is 0 Å². The number of amides is 1. The SMILES string of the molecule is CCCCN1CC(C(C)(C)C)=C(C(C)(C)C)OCC1=O. The lowest BCUT2D eigenvalue weighted by Gasteiger charge is -2.32. The molecular weight excluding hydrogens is 250 g/mol. The first-order chi connectivity index (χ1) is 9.07. The van der Waals surface area contributed by atoms with Crippen LogP contribution in [0.4, 0.5) is 0 Å². The number of hydrogen-bond acceptors (Lipinski definition) is 2. The molecule has 20 heavy (non-hydrogen) atoms. The lowest BCUT2D eigenvalue weighted by atomic mass is 9.79. The van der Waals surface area contributed by atoms with Crippen LogP contribution in [0.5, 0.6) is 0 Å². The molecule has 0 atom stereocenters. The number of nitrogens with zero attached hydrogens (tertiary/aromatic N) is 1. The van der Waals surface area contributed by atoms with Gasteiger partial charge in [-0.2, -0.15) is 0 Å². The van der Waals surface area contributed by atoms with E-state index in [-0.39, 0.29) is 23.3 Å². The number of hydrogen-bond donors (Lipinski definition) is 0. The van der Waals surface area contributed by atoms with Crippen molar-refractivity contribution in [2.75, 3.05) is 19.7 Å². The van der Waals surface area contributed by atoms with Gasteiger partial charge in [-0.05, 0) is 17.4 Å². The monoisotopic (exact) mass is 281 g/mol. The molecule has 1 rings (SSSR count). The second-order valence-corrected chi connectivity index (χ2v) is 7.77. The van der Waals surface area contributed by atoms with Crippen molar-refractivity contribution in [1.82, 2.24) is 4.90 Å². The van der Waals surface area contributed by atoms with Gasteiger partial charge in [-0.1, -0.05) is 54.9 Å². The Morgan fingerprint density at radius 2 is 1.70 bits per heavy atom. The molecule has 0 fully saturated rings. The minimum atomic E-state index is -0.0658. The summed E-state index contributed by atoms with van der Waals surface area (Å²) in [5.41, 5.74) is 1.20. The van der Waals surface area contributed by atoms with Gasteiger partial charge in [0.1, 0.15) is 5.76 Å². The number of carbonyl (C=O) groups is 1. The maximum atomic E-state index is 12.2. The van der Waals surface area contributed by atoms with E-state index in [0.29, 0.717) is 6.54 Å². The maximum absolute atomic E-state index is 12.2. The van der Waals surface area contributed by atoms with Crippen LogP contribution in [-0.4, -0.2) is 30.5 Å². The summed E-state index contributed by atoms with van der Waals surface area (Å²) < 4.78 is 5.92. The van der Waals surface area contributed by atoms with Crippen LogP contribution in [0.25, 0.3) is 0 Å². The highest BCUT2D eigenvalue weighted by Crippen LogP contribution is 2.38. The van der Waals surface area contributed by atoms with Crippen LogP contribution in [-0.2, 0) is 9.53 Å². The van der Waals surface area contributed by atoms with E-state index in [0.717, 1.165) is 25.1 Å². The van der Waals surface area contributed by atoms with Crippen molar-refractivity contribution in [3.8, 4) is 0 Å². The smallest absolute Gasteiger partial charge is 0.260 e. The number of allylic oxidation sites excluding steroid dienone is 1. The fraction of sp³-hybridized carbons (Fsp3) is 0.824. The van der Waals surface area contributed by atoms with Crippen LogP contribution in [0.2, 0.25) is 0 Å². The van der Waals surface area contributed by atoms with Crippen molar-refractivity contribution in [2.24, 2.45) is 10.8 Å². The molecule has 1 aliphatic heterocycles. The Hall–Kier alpha value is -0.990. The molecule has 1 amide bonds. The zero-order chi connectivity index (χ0) is 15.6. The summed E-state index contributed by atoms with van der Waals surface area (Å²) in [6.07, 6.45) is 2.15. The molecule has 0 aromatic heterocycles. The van der Waals surface area contributed by atoms with Crippen LogP contribution >= 0.6 is 0 Å². The van der Waals surface area contributed by atoms with Gasteiger partial charge in [0.15, 0.2) is 6.61 Å². The third-order valence-corrected chi connectivity index (χ3v) is 3.68. The fourth-order valence-corrected chi connectivity index (χ4v) is 2.46. The first kappa shape index (κ1) is 17.1. The van der Waals surface area contributed by atoms with Crippen molar-refractivity contribution in [3.05, 3.63) is 11.3 Å². The van der Waals surface area contributed by atoms with Gasteiger partial charge >= 0.3 is 0 Å².